The Hall–Kier alpha value is -6.03. The monoisotopic (exact) mass is 844 g/mol. The number of phenols is 2. The van der Waals surface area contributed by atoms with Crippen molar-refractivity contribution in [3.8, 4) is 34.5 Å². The van der Waals surface area contributed by atoms with Crippen LogP contribution in [0.4, 0.5) is 0 Å². The lowest BCUT2D eigenvalue weighted by Crippen LogP contribution is -2.06. The van der Waals surface area contributed by atoms with Gasteiger partial charge in [-0.15, -0.1) is 0 Å². The van der Waals surface area contributed by atoms with Gasteiger partial charge < -0.3 is 29.2 Å². The van der Waals surface area contributed by atoms with Gasteiger partial charge in [0.1, 0.15) is 34.5 Å². The molecule has 0 bridgehead atoms. The Labute approximate surface area is 337 Å². The molecule has 6 aromatic rings. The molecule has 0 saturated carbocycles. The highest BCUT2D eigenvalue weighted by atomic mass is 32.2. The van der Waals surface area contributed by atoms with E-state index >= 15 is 0 Å². The number of aromatic hydroxyl groups is 2. The fourth-order valence-corrected chi connectivity index (χ4v) is 9.32. The van der Waals surface area contributed by atoms with Gasteiger partial charge in [0.15, 0.2) is 0 Å². The first-order valence-corrected chi connectivity index (χ1v) is 22.5. The second-order valence-electron chi connectivity index (χ2n) is 12.8. The van der Waals surface area contributed by atoms with E-state index < -0.39 is 29.5 Å². The minimum absolute atomic E-state index is 0.0168. The van der Waals surface area contributed by atoms with E-state index in [-0.39, 0.29) is 40.9 Å². The summed E-state index contributed by atoms with van der Waals surface area (Å²) in [6.45, 7) is 1.39. The molecule has 0 atom stereocenters. The maximum atomic E-state index is 13.3. The number of hydrogen-bond donors (Lipinski definition) is 2. The van der Waals surface area contributed by atoms with Crippen molar-refractivity contribution >= 4 is 29.5 Å². The molecule has 0 amide bonds. The van der Waals surface area contributed by atoms with Crippen molar-refractivity contribution in [2.24, 2.45) is 0 Å². The summed E-state index contributed by atoms with van der Waals surface area (Å²) in [5.74, 6) is 2.00. The van der Waals surface area contributed by atoms with Gasteiger partial charge in [-0.25, -0.2) is 25.3 Å². The topological polar surface area (TPSA) is 180 Å². The third-order valence-corrected chi connectivity index (χ3v) is 14.1. The molecule has 0 radical (unpaired) electrons. The van der Waals surface area contributed by atoms with Gasteiger partial charge in [0.25, 0.3) is 0 Å². The zero-order chi connectivity index (χ0) is 41.2. The molecule has 0 aliphatic heterocycles. The Morgan fingerprint density at radius 3 is 0.707 bits per heavy atom. The predicted octanol–water partition coefficient (Wildman–Crippen LogP) is 7.68. The van der Waals surface area contributed by atoms with Crippen molar-refractivity contribution in [3.63, 3.8) is 0 Å². The Morgan fingerprint density at radius 1 is 0.293 bits per heavy atom. The lowest BCUT2D eigenvalue weighted by atomic mass is 10.3. The van der Waals surface area contributed by atoms with Crippen LogP contribution in [-0.2, 0) is 29.5 Å². The lowest BCUT2D eigenvalue weighted by Gasteiger charge is -2.11. The van der Waals surface area contributed by atoms with E-state index in [9.17, 15) is 35.5 Å². The summed E-state index contributed by atoms with van der Waals surface area (Å²) in [7, 11) is -11.2. The summed E-state index contributed by atoms with van der Waals surface area (Å²) in [6, 6.07) is 35.2. The molecule has 0 aromatic heterocycles. The summed E-state index contributed by atoms with van der Waals surface area (Å²) in [5, 5.41) is 18.9. The molecule has 0 aliphatic carbocycles. The third kappa shape index (κ3) is 10.5. The fraction of sp³-hybridized carbons (Fsp3) is 0.163. The van der Waals surface area contributed by atoms with E-state index in [2.05, 4.69) is 0 Å². The SMILES string of the molecule is O=S(=O)(c1ccc(O)cc1)c1ccc(OCCCCOc2ccc(S(=O)(=O)c3ccc(OCCCOc4ccc(S(=O)(=O)c5ccc(O)cc5)cc4)cc3)cc2)cc1. The van der Waals surface area contributed by atoms with Crippen molar-refractivity contribution in [2.45, 2.75) is 48.6 Å². The molecule has 0 unspecified atom stereocenters. The van der Waals surface area contributed by atoms with E-state index in [1.807, 2.05) is 0 Å². The van der Waals surface area contributed by atoms with Gasteiger partial charge in [-0.05, 0) is 158 Å². The van der Waals surface area contributed by atoms with Gasteiger partial charge in [-0.2, -0.15) is 0 Å². The van der Waals surface area contributed by atoms with Gasteiger partial charge >= 0.3 is 0 Å². The predicted molar refractivity (Wildman–Crippen MR) is 214 cm³/mol. The van der Waals surface area contributed by atoms with Gasteiger partial charge in [-0.3, -0.25) is 0 Å². The van der Waals surface area contributed by atoms with Gasteiger partial charge in [0, 0.05) is 6.42 Å². The molecule has 6 rings (SSSR count). The van der Waals surface area contributed by atoms with Crippen LogP contribution in [0.3, 0.4) is 0 Å². The normalized spacial score (nSPS) is 11.8. The molecule has 15 heteroatoms. The molecule has 0 spiro atoms. The number of unbranched alkanes of at least 4 members (excludes halogenated alkanes) is 1. The van der Waals surface area contributed by atoms with Crippen LogP contribution >= 0.6 is 0 Å². The standard InChI is InChI=1S/C43H40O12S3/c44-32-4-16-38(17-5-32)56(46,47)40-20-8-34(9-21-40)52-28-1-2-29-53-35-10-22-42(23-11-35)58(50,51)43-26-14-37(15-27-43)55-31-3-30-54-36-12-24-41(25-13-36)57(48,49)39-18-6-33(45)7-19-39/h4-27,44-45H,1-3,28-31H2. The molecule has 6 aromatic carbocycles. The molecule has 12 nitrogen and oxygen atoms in total. The average molecular weight is 845 g/mol. The Bertz CT molecular complexity index is 2590. The highest BCUT2D eigenvalue weighted by Crippen LogP contribution is 2.28. The number of rotatable bonds is 19. The van der Waals surface area contributed by atoms with E-state index in [0.29, 0.717) is 68.7 Å². The molecular weight excluding hydrogens is 805 g/mol. The minimum atomic E-state index is -3.79. The van der Waals surface area contributed by atoms with Crippen LogP contribution < -0.4 is 18.9 Å². The van der Waals surface area contributed by atoms with Gasteiger partial charge in [0.2, 0.25) is 29.5 Å². The van der Waals surface area contributed by atoms with Crippen molar-refractivity contribution < 1.29 is 54.4 Å². The summed E-state index contributed by atoms with van der Waals surface area (Å²) < 4.78 is 101. The fourth-order valence-electron chi connectivity index (χ4n) is 5.54. The van der Waals surface area contributed by atoms with E-state index in [1.165, 1.54) is 97.1 Å². The Morgan fingerprint density at radius 2 is 0.483 bits per heavy atom. The first-order chi connectivity index (χ1) is 27.8. The second kappa shape index (κ2) is 18.5. The first kappa shape index (κ1) is 41.6. The van der Waals surface area contributed by atoms with E-state index in [4.69, 9.17) is 18.9 Å². The largest absolute Gasteiger partial charge is 0.508 e. The van der Waals surface area contributed by atoms with E-state index in [0.717, 1.165) is 0 Å². The Balaban J connectivity index is 0.877. The summed E-state index contributed by atoms with van der Waals surface area (Å²) in [5.41, 5.74) is 0. The maximum Gasteiger partial charge on any atom is 0.206 e. The van der Waals surface area contributed by atoms with Crippen molar-refractivity contribution in [1.82, 2.24) is 0 Å². The Kier molecular flexibility index (Phi) is 13.3. The van der Waals surface area contributed by atoms with Crippen LogP contribution in [0.15, 0.2) is 175 Å². The molecule has 302 valence electrons. The number of phenolic OH excluding ortho intramolecular Hbond substituents is 2. The zero-order valence-electron chi connectivity index (χ0n) is 31.0. The van der Waals surface area contributed by atoms with Gasteiger partial charge in [-0.1, -0.05) is 0 Å². The molecule has 58 heavy (non-hydrogen) atoms. The van der Waals surface area contributed by atoms with Crippen molar-refractivity contribution in [1.29, 1.82) is 0 Å². The minimum Gasteiger partial charge on any atom is -0.508 e. The van der Waals surface area contributed by atoms with Crippen LogP contribution in [0, 0.1) is 0 Å². The molecule has 0 heterocycles. The molecule has 2 N–H and O–H groups in total. The van der Waals surface area contributed by atoms with Crippen molar-refractivity contribution in [2.75, 3.05) is 26.4 Å². The first-order valence-electron chi connectivity index (χ1n) is 18.1. The zero-order valence-corrected chi connectivity index (χ0v) is 33.5. The summed E-state index contributed by atoms with van der Waals surface area (Å²) in [6.07, 6.45) is 1.85. The van der Waals surface area contributed by atoms with Crippen LogP contribution in [0.5, 0.6) is 34.5 Å². The molecular formula is C43H40O12S3. The van der Waals surface area contributed by atoms with E-state index in [1.54, 1.807) is 48.5 Å². The molecule has 0 fully saturated rings. The quantitative estimate of drug-likeness (QED) is 0.0761. The van der Waals surface area contributed by atoms with Crippen LogP contribution in [0.2, 0.25) is 0 Å². The second-order valence-corrected chi connectivity index (χ2v) is 18.7. The molecule has 0 aliphatic rings. The number of ether oxygens (including phenoxy) is 4. The van der Waals surface area contributed by atoms with Gasteiger partial charge in [0.05, 0.1) is 55.8 Å². The summed E-state index contributed by atoms with van der Waals surface area (Å²) >= 11 is 0. The summed E-state index contributed by atoms with van der Waals surface area (Å²) in [4.78, 5) is 0.605. The van der Waals surface area contributed by atoms with Crippen LogP contribution in [0.1, 0.15) is 19.3 Å². The highest BCUT2D eigenvalue weighted by Gasteiger charge is 2.20. The maximum absolute atomic E-state index is 13.3. The molecule has 0 saturated heterocycles. The average Bonchev–Trinajstić information content (AvgIpc) is 3.23. The smallest absolute Gasteiger partial charge is 0.206 e. The van der Waals surface area contributed by atoms with Crippen LogP contribution in [0.25, 0.3) is 0 Å². The number of sulfone groups is 3. The third-order valence-electron chi connectivity index (χ3n) is 8.73. The highest BCUT2D eigenvalue weighted by molar-refractivity contribution is 7.92. The number of hydrogen-bond acceptors (Lipinski definition) is 12. The van der Waals surface area contributed by atoms with Crippen molar-refractivity contribution in [3.05, 3.63) is 146 Å². The van der Waals surface area contributed by atoms with Crippen LogP contribution in [-0.4, -0.2) is 61.9 Å². The number of benzene rings is 6. The lowest BCUT2D eigenvalue weighted by molar-refractivity contribution is 0.247.